The van der Waals surface area contributed by atoms with Crippen LogP contribution in [-0.2, 0) is 19.1 Å². The maximum Gasteiger partial charge on any atom is 0.310 e. The molecule has 6 nitrogen and oxygen atoms in total. The van der Waals surface area contributed by atoms with Gasteiger partial charge in [-0.15, -0.1) is 0 Å². The Bertz CT molecular complexity index is 374. The molecule has 0 saturated heterocycles. The Morgan fingerprint density at radius 2 is 1.86 bits per heavy atom. The van der Waals surface area contributed by atoms with Gasteiger partial charge < -0.3 is 15.2 Å². The molecule has 0 aromatic carbocycles. The number of esters is 1. The van der Waals surface area contributed by atoms with Crippen molar-refractivity contribution in [3.8, 4) is 0 Å². The monoisotopic (exact) mass is 299 g/mol. The summed E-state index contributed by atoms with van der Waals surface area (Å²) in [5.74, 6) is -1.40. The third-order valence-corrected chi connectivity index (χ3v) is 3.95. The van der Waals surface area contributed by atoms with Crippen LogP contribution in [0.4, 0.5) is 0 Å². The molecule has 1 fully saturated rings. The molecule has 0 unspecified atom stereocenters. The van der Waals surface area contributed by atoms with E-state index in [0.29, 0.717) is 32.4 Å². The molecule has 0 bridgehead atoms. The van der Waals surface area contributed by atoms with Crippen LogP contribution in [0.5, 0.6) is 0 Å². The molecule has 1 aliphatic carbocycles. The second-order valence-corrected chi connectivity index (χ2v) is 5.58. The van der Waals surface area contributed by atoms with Crippen molar-refractivity contribution in [2.75, 3.05) is 13.2 Å². The summed E-state index contributed by atoms with van der Waals surface area (Å²) >= 11 is 0. The predicted molar refractivity (Wildman–Crippen MR) is 76.6 cm³/mol. The lowest BCUT2D eigenvalue weighted by atomic mass is 9.71. The molecule has 21 heavy (non-hydrogen) atoms. The van der Waals surface area contributed by atoms with E-state index in [-0.39, 0.29) is 24.7 Å². The number of amides is 1. The van der Waals surface area contributed by atoms with Crippen LogP contribution < -0.4 is 5.32 Å². The molecule has 1 amide bonds. The molecule has 0 spiro atoms. The summed E-state index contributed by atoms with van der Waals surface area (Å²) in [4.78, 5) is 34.5. The van der Waals surface area contributed by atoms with Crippen LogP contribution in [0.15, 0.2) is 0 Å². The molecule has 0 radical (unpaired) electrons. The summed E-state index contributed by atoms with van der Waals surface area (Å²) in [5, 5.41) is 12.1. The second-order valence-electron chi connectivity index (χ2n) is 5.58. The SMILES string of the molecule is CCOC(=O)CCCNC(=O)CC1(C(=O)O)CCCCC1. The zero-order valence-corrected chi connectivity index (χ0v) is 12.7. The molecule has 0 atom stereocenters. The van der Waals surface area contributed by atoms with Crippen LogP contribution in [0.25, 0.3) is 0 Å². The van der Waals surface area contributed by atoms with E-state index in [0.717, 1.165) is 19.3 Å². The molecule has 120 valence electrons. The fourth-order valence-corrected chi connectivity index (χ4v) is 2.76. The van der Waals surface area contributed by atoms with Gasteiger partial charge in [-0.2, -0.15) is 0 Å². The zero-order valence-electron chi connectivity index (χ0n) is 12.7. The minimum atomic E-state index is -0.899. The average molecular weight is 299 g/mol. The fraction of sp³-hybridized carbons (Fsp3) is 0.800. The molecule has 1 aliphatic rings. The number of nitrogens with one attached hydrogen (secondary N) is 1. The number of hydrogen-bond donors (Lipinski definition) is 2. The molecule has 1 saturated carbocycles. The summed E-state index contributed by atoms with van der Waals surface area (Å²) in [6.45, 7) is 2.47. The standard InChI is InChI=1S/C15H25NO5/c1-2-21-13(18)7-6-10-16-12(17)11-15(14(19)20)8-4-3-5-9-15/h2-11H2,1H3,(H,16,17)(H,19,20). The van der Waals surface area contributed by atoms with Crippen molar-refractivity contribution in [3.63, 3.8) is 0 Å². The van der Waals surface area contributed by atoms with Crippen molar-refractivity contribution in [1.82, 2.24) is 5.32 Å². The van der Waals surface area contributed by atoms with Crippen LogP contribution in [-0.4, -0.2) is 36.1 Å². The number of carbonyl (C=O) groups is 3. The Morgan fingerprint density at radius 1 is 1.19 bits per heavy atom. The first kappa shape index (κ1) is 17.5. The molecular formula is C15H25NO5. The number of carboxylic acids is 1. The molecular weight excluding hydrogens is 274 g/mol. The summed E-state index contributed by atoms with van der Waals surface area (Å²) in [6, 6.07) is 0. The highest BCUT2D eigenvalue weighted by molar-refractivity contribution is 5.85. The van der Waals surface area contributed by atoms with Crippen LogP contribution in [0, 0.1) is 5.41 Å². The van der Waals surface area contributed by atoms with Gasteiger partial charge in [0.2, 0.25) is 5.91 Å². The van der Waals surface area contributed by atoms with Crippen molar-refractivity contribution in [2.24, 2.45) is 5.41 Å². The number of carbonyl (C=O) groups excluding carboxylic acids is 2. The molecule has 1 rings (SSSR count). The number of rotatable bonds is 8. The number of ether oxygens (including phenoxy) is 1. The lowest BCUT2D eigenvalue weighted by Crippen LogP contribution is -2.39. The van der Waals surface area contributed by atoms with Crippen molar-refractivity contribution >= 4 is 17.8 Å². The lowest BCUT2D eigenvalue weighted by molar-refractivity contribution is -0.154. The Kier molecular flexibility index (Phi) is 7.19. The first-order valence-corrected chi connectivity index (χ1v) is 7.66. The average Bonchev–Trinajstić information content (AvgIpc) is 2.45. The van der Waals surface area contributed by atoms with E-state index in [1.807, 2.05) is 0 Å². The van der Waals surface area contributed by atoms with Gasteiger partial charge in [0, 0.05) is 19.4 Å². The number of aliphatic carboxylic acids is 1. The maximum absolute atomic E-state index is 11.9. The second kappa shape index (κ2) is 8.64. The highest BCUT2D eigenvalue weighted by Crippen LogP contribution is 2.39. The van der Waals surface area contributed by atoms with Crippen molar-refractivity contribution in [3.05, 3.63) is 0 Å². The summed E-state index contributed by atoms with van der Waals surface area (Å²) < 4.78 is 4.79. The normalized spacial score (nSPS) is 17.0. The van der Waals surface area contributed by atoms with Gasteiger partial charge in [0.1, 0.15) is 0 Å². The lowest BCUT2D eigenvalue weighted by Gasteiger charge is -2.32. The van der Waals surface area contributed by atoms with Gasteiger partial charge in [-0.3, -0.25) is 14.4 Å². The first-order valence-electron chi connectivity index (χ1n) is 7.66. The van der Waals surface area contributed by atoms with Crippen LogP contribution in [0.2, 0.25) is 0 Å². The van der Waals surface area contributed by atoms with Crippen LogP contribution >= 0.6 is 0 Å². The Hall–Kier alpha value is -1.59. The van der Waals surface area contributed by atoms with Gasteiger partial charge in [-0.05, 0) is 26.2 Å². The number of hydrogen-bond acceptors (Lipinski definition) is 4. The van der Waals surface area contributed by atoms with Crippen LogP contribution in [0.3, 0.4) is 0 Å². The van der Waals surface area contributed by atoms with E-state index in [9.17, 15) is 19.5 Å². The molecule has 0 aromatic heterocycles. The molecule has 6 heteroatoms. The third-order valence-electron chi connectivity index (χ3n) is 3.95. The van der Waals surface area contributed by atoms with Gasteiger partial charge in [0.05, 0.1) is 12.0 Å². The Labute approximate surface area is 125 Å². The van der Waals surface area contributed by atoms with Gasteiger partial charge >= 0.3 is 11.9 Å². The molecule has 0 aromatic rings. The highest BCUT2D eigenvalue weighted by Gasteiger charge is 2.41. The Balaban J connectivity index is 2.31. The van der Waals surface area contributed by atoms with Gasteiger partial charge in [-0.25, -0.2) is 0 Å². The molecule has 0 heterocycles. The van der Waals surface area contributed by atoms with Gasteiger partial charge in [0.25, 0.3) is 0 Å². The largest absolute Gasteiger partial charge is 0.481 e. The quantitative estimate of drug-likeness (QED) is 0.527. The maximum atomic E-state index is 11.9. The fourth-order valence-electron chi connectivity index (χ4n) is 2.76. The summed E-state index contributed by atoms with van der Waals surface area (Å²) in [6.07, 6.45) is 4.70. The molecule has 2 N–H and O–H groups in total. The van der Waals surface area contributed by atoms with Crippen molar-refractivity contribution < 1.29 is 24.2 Å². The topological polar surface area (TPSA) is 92.7 Å². The predicted octanol–water partition coefficient (Wildman–Crippen LogP) is 1.87. The highest BCUT2D eigenvalue weighted by atomic mass is 16.5. The van der Waals surface area contributed by atoms with E-state index in [2.05, 4.69) is 5.32 Å². The third kappa shape index (κ3) is 5.73. The number of carboxylic acid groups (broad SMARTS) is 1. The van der Waals surface area contributed by atoms with Gasteiger partial charge in [-0.1, -0.05) is 19.3 Å². The van der Waals surface area contributed by atoms with Crippen LogP contribution in [0.1, 0.15) is 58.3 Å². The minimum absolute atomic E-state index is 0.0295. The molecule has 0 aliphatic heterocycles. The smallest absolute Gasteiger partial charge is 0.310 e. The first-order chi connectivity index (χ1) is 10.00. The minimum Gasteiger partial charge on any atom is -0.481 e. The van der Waals surface area contributed by atoms with E-state index >= 15 is 0 Å². The summed E-state index contributed by atoms with van der Waals surface area (Å²) in [5.41, 5.74) is -0.899. The zero-order chi connectivity index (χ0) is 15.7. The van der Waals surface area contributed by atoms with E-state index < -0.39 is 11.4 Å². The summed E-state index contributed by atoms with van der Waals surface area (Å²) in [7, 11) is 0. The van der Waals surface area contributed by atoms with Crippen molar-refractivity contribution in [2.45, 2.75) is 58.3 Å². The van der Waals surface area contributed by atoms with E-state index in [1.54, 1.807) is 6.92 Å². The van der Waals surface area contributed by atoms with Gasteiger partial charge in [0.15, 0.2) is 0 Å². The van der Waals surface area contributed by atoms with E-state index in [4.69, 9.17) is 4.74 Å². The Morgan fingerprint density at radius 3 is 2.43 bits per heavy atom. The van der Waals surface area contributed by atoms with Crippen molar-refractivity contribution in [1.29, 1.82) is 0 Å². The van der Waals surface area contributed by atoms with E-state index in [1.165, 1.54) is 0 Å².